The molecule has 0 aliphatic heterocycles. The number of hydrogen-bond acceptors (Lipinski definition) is 2. The molecule has 2 nitrogen and oxygen atoms in total. The summed E-state index contributed by atoms with van der Waals surface area (Å²) in [5.41, 5.74) is 1.84. The SMILES string of the molecule is CC(=CCO[Si](C)(C)C)O[Si](C(C)C)(C(C)C)C(C)C. The van der Waals surface area contributed by atoms with Gasteiger partial charge in [0.05, 0.1) is 12.4 Å². The second-order valence-corrected chi connectivity index (χ2v) is 17.5. The third kappa shape index (κ3) is 5.74. The average Bonchev–Trinajstić information content (AvgIpc) is 2.22. The summed E-state index contributed by atoms with van der Waals surface area (Å²) in [6.45, 7) is 23.3. The fourth-order valence-electron chi connectivity index (χ4n) is 3.08. The zero-order valence-electron chi connectivity index (χ0n) is 15.3. The molecule has 0 rings (SSSR count). The first-order valence-corrected chi connectivity index (χ1v) is 13.5. The van der Waals surface area contributed by atoms with Crippen LogP contribution in [0, 0.1) is 0 Å². The van der Waals surface area contributed by atoms with Crippen molar-refractivity contribution in [1.82, 2.24) is 0 Å². The fourth-order valence-corrected chi connectivity index (χ4v) is 9.01. The van der Waals surface area contributed by atoms with E-state index in [1.165, 1.54) is 0 Å². The van der Waals surface area contributed by atoms with Gasteiger partial charge in [-0.15, -0.1) is 0 Å². The first-order valence-electron chi connectivity index (χ1n) is 7.93. The van der Waals surface area contributed by atoms with E-state index >= 15 is 0 Å². The topological polar surface area (TPSA) is 18.5 Å². The molecule has 120 valence electrons. The van der Waals surface area contributed by atoms with Gasteiger partial charge < -0.3 is 8.85 Å². The van der Waals surface area contributed by atoms with E-state index in [1.54, 1.807) is 0 Å². The molecule has 0 spiro atoms. The van der Waals surface area contributed by atoms with E-state index in [0.717, 1.165) is 5.76 Å². The molecule has 0 fully saturated rings. The molecule has 0 bridgehead atoms. The summed E-state index contributed by atoms with van der Waals surface area (Å²) in [5, 5.41) is 0. The molecule has 0 aromatic heterocycles. The van der Waals surface area contributed by atoms with Gasteiger partial charge >= 0.3 is 0 Å². The highest BCUT2D eigenvalue weighted by molar-refractivity contribution is 6.77. The van der Waals surface area contributed by atoms with Crippen LogP contribution in [0.3, 0.4) is 0 Å². The molecule has 0 heterocycles. The Hall–Kier alpha value is -0.0662. The second-order valence-electron chi connectivity index (χ2n) is 7.66. The monoisotopic (exact) mass is 316 g/mol. The highest BCUT2D eigenvalue weighted by Gasteiger charge is 2.46. The van der Waals surface area contributed by atoms with Gasteiger partial charge in [0.25, 0.3) is 8.32 Å². The lowest BCUT2D eigenvalue weighted by Gasteiger charge is -2.42. The minimum absolute atomic E-state index is 0.615. The Kier molecular flexibility index (Phi) is 7.78. The van der Waals surface area contributed by atoms with Gasteiger partial charge in [0.1, 0.15) is 0 Å². The van der Waals surface area contributed by atoms with E-state index in [9.17, 15) is 0 Å². The Balaban J connectivity index is 4.95. The van der Waals surface area contributed by atoms with Gasteiger partial charge in [0.15, 0.2) is 8.32 Å². The predicted molar refractivity (Wildman–Crippen MR) is 95.2 cm³/mol. The fraction of sp³-hybridized carbons (Fsp3) is 0.875. The number of allylic oxidation sites excluding steroid dienone is 1. The molecule has 0 N–H and O–H groups in total. The van der Waals surface area contributed by atoms with Crippen LogP contribution in [0.15, 0.2) is 11.8 Å². The highest BCUT2D eigenvalue weighted by atomic mass is 28.4. The first kappa shape index (κ1) is 19.9. The third-order valence-corrected chi connectivity index (χ3v) is 11.1. The van der Waals surface area contributed by atoms with Crippen LogP contribution in [-0.2, 0) is 8.85 Å². The summed E-state index contributed by atoms with van der Waals surface area (Å²) in [5.74, 6) is 1.05. The summed E-state index contributed by atoms with van der Waals surface area (Å²) >= 11 is 0. The second kappa shape index (κ2) is 7.80. The van der Waals surface area contributed by atoms with Crippen molar-refractivity contribution in [3.05, 3.63) is 11.8 Å². The first-order chi connectivity index (χ1) is 8.93. The zero-order chi connectivity index (χ0) is 16.1. The minimum atomic E-state index is -1.80. The Bertz CT molecular complexity index is 293. The summed E-state index contributed by atoms with van der Waals surface area (Å²) in [4.78, 5) is 0. The minimum Gasteiger partial charge on any atom is -0.546 e. The van der Waals surface area contributed by atoms with Gasteiger partial charge in [-0.2, -0.15) is 0 Å². The standard InChI is InChI=1S/C16H36O2Si2/c1-13(2)20(14(3)4,15(5)6)18-16(7)11-12-17-19(8,9)10/h11,13-15H,12H2,1-10H3. The molecule has 0 amide bonds. The molecule has 0 atom stereocenters. The normalized spacial score (nSPS) is 14.6. The molecule has 0 aliphatic rings. The highest BCUT2D eigenvalue weighted by Crippen LogP contribution is 2.43. The largest absolute Gasteiger partial charge is 0.546 e. The molecule has 0 radical (unpaired) electrons. The third-order valence-electron chi connectivity index (χ3n) is 3.93. The Morgan fingerprint density at radius 2 is 1.30 bits per heavy atom. The lowest BCUT2D eigenvalue weighted by Crippen LogP contribution is -2.47. The maximum atomic E-state index is 6.57. The summed E-state index contributed by atoms with van der Waals surface area (Å²) < 4.78 is 12.5. The average molecular weight is 317 g/mol. The molecular formula is C16H36O2Si2. The quantitative estimate of drug-likeness (QED) is 0.408. The summed E-state index contributed by atoms with van der Waals surface area (Å²) in [7, 11) is -3.24. The van der Waals surface area contributed by atoms with E-state index in [4.69, 9.17) is 8.85 Å². The van der Waals surface area contributed by atoms with Crippen LogP contribution in [0.5, 0.6) is 0 Å². The molecule has 0 unspecified atom stereocenters. The van der Waals surface area contributed by atoms with E-state index in [0.29, 0.717) is 23.2 Å². The van der Waals surface area contributed by atoms with Crippen molar-refractivity contribution in [3.8, 4) is 0 Å². The van der Waals surface area contributed by atoms with E-state index < -0.39 is 16.6 Å². The molecule has 0 aromatic rings. The zero-order valence-corrected chi connectivity index (χ0v) is 17.3. The van der Waals surface area contributed by atoms with Crippen LogP contribution < -0.4 is 0 Å². The van der Waals surface area contributed by atoms with Gasteiger partial charge in [-0.1, -0.05) is 41.5 Å². The van der Waals surface area contributed by atoms with Gasteiger partial charge in [-0.3, -0.25) is 0 Å². The summed E-state index contributed by atoms with van der Waals surface area (Å²) in [6.07, 6.45) is 2.12. The van der Waals surface area contributed by atoms with Crippen LogP contribution in [0.4, 0.5) is 0 Å². The van der Waals surface area contributed by atoms with Crippen LogP contribution in [0.25, 0.3) is 0 Å². The van der Waals surface area contributed by atoms with E-state index in [2.05, 4.69) is 74.2 Å². The van der Waals surface area contributed by atoms with Gasteiger partial charge in [-0.05, 0) is 49.3 Å². The molecule has 20 heavy (non-hydrogen) atoms. The van der Waals surface area contributed by atoms with Crippen molar-refractivity contribution in [2.45, 2.75) is 84.7 Å². The maximum absolute atomic E-state index is 6.57. The van der Waals surface area contributed by atoms with Gasteiger partial charge in [-0.25, -0.2) is 0 Å². The molecular weight excluding hydrogens is 280 g/mol. The maximum Gasteiger partial charge on any atom is 0.258 e. The van der Waals surface area contributed by atoms with Crippen LogP contribution in [0.1, 0.15) is 48.5 Å². The number of hydrogen-bond donors (Lipinski definition) is 0. The summed E-state index contributed by atoms with van der Waals surface area (Å²) in [6, 6.07) is 0. The Morgan fingerprint density at radius 3 is 1.60 bits per heavy atom. The van der Waals surface area contributed by atoms with Crippen molar-refractivity contribution >= 4 is 16.6 Å². The molecule has 0 aliphatic carbocycles. The van der Waals surface area contributed by atoms with E-state index in [1.807, 2.05) is 0 Å². The van der Waals surface area contributed by atoms with Crippen molar-refractivity contribution in [3.63, 3.8) is 0 Å². The molecule has 0 aromatic carbocycles. The van der Waals surface area contributed by atoms with Crippen LogP contribution in [-0.4, -0.2) is 23.2 Å². The van der Waals surface area contributed by atoms with Crippen LogP contribution >= 0.6 is 0 Å². The van der Waals surface area contributed by atoms with Gasteiger partial charge in [0, 0.05) is 0 Å². The Morgan fingerprint density at radius 1 is 0.900 bits per heavy atom. The molecule has 4 heteroatoms. The lowest BCUT2D eigenvalue weighted by atomic mass is 10.5. The predicted octanol–water partition coefficient (Wildman–Crippen LogP) is 5.93. The molecule has 0 saturated carbocycles. The Labute approximate surface area is 129 Å². The van der Waals surface area contributed by atoms with Crippen LogP contribution in [0.2, 0.25) is 36.3 Å². The van der Waals surface area contributed by atoms with Crippen molar-refractivity contribution in [1.29, 1.82) is 0 Å². The van der Waals surface area contributed by atoms with Crippen molar-refractivity contribution in [2.75, 3.05) is 6.61 Å². The number of rotatable bonds is 8. The smallest absolute Gasteiger partial charge is 0.258 e. The van der Waals surface area contributed by atoms with E-state index in [-0.39, 0.29) is 0 Å². The van der Waals surface area contributed by atoms with Crippen molar-refractivity contribution < 1.29 is 8.85 Å². The lowest BCUT2D eigenvalue weighted by molar-refractivity contribution is 0.335. The molecule has 0 saturated heterocycles. The van der Waals surface area contributed by atoms with Gasteiger partial charge in [0.2, 0.25) is 0 Å². The van der Waals surface area contributed by atoms with Crippen molar-refractivity contribution in [2.24, 2.45) is 0 Å².